The molecular weight excluding hydrogens is 162 g/mol. The highest BCUT2D eigenvalue weighted by Gasteiger charge is 1.97. The summed E-state index contributed by atoms with van der Waals surface area (Å²) < 4.78 is 0. The molecular formula is C6H13N3O3. The Morgan fingerprint density at radius 2 is 1.83 bits per heavy atom. The van der Waals surface area contributed by atoms with Crippen LogP contribution in [0.5, 0.6) is 0 Å². The monoisotopic (exact) mass is 175 g/mol. The number of amides is 2. The van der Waals surface area contributed by atoms with Crippen LogP contribution in [-0.2, 0) is 4.79 Å². The molecule has 0 bridgehead atoms. The third-order valence-corrected chi connectivity index (χ3v) is 1.06. The molecule has 0 aliphatic carbocycles. The van der Waals surface area contributed by atoms with Gasteiger partial charge >= 0.3 is 6.09 Å². The van der Waals surface area contributed by atoms with Crippen molar-refractivity contribution >= 4 is 12.0 Å². The second-order valence-electron chi connectivity index (χ2n) is 2.11. The first-order valence-electron chi connectivity index (χ1n) is 3.55. The fourth-order valence-corrected chi connectivity index (χ4v) is 0.594. The van der Waals surface area contributed by atoms with Gasteiger partial charge in [-0.25, -0.2) is 4.79 Å². The van der Waals surface area contributed by atoms with E-state index in [-0.39, 0.29) is 19.0 Å². The van der Waals surface area contributed by atoms with Crippen LogP contribution in [0, 0.1) is 0 Å². The van der Waals surface area contributed by atoms with Gasteiger partial charge in [0.15, 0.2) is 0 Å². The number of hydrogen-bond donors (Lipinski definition) is 4. The van der Waals surface area contributed by atoms with Crippen molar-refractivity contribution in [2.45, 2.75) is 0 Å². The zero-order valence-electron chi connectivity index (χ0n) is 6.89. The lowest BCUT2D eigenvalue weighted by Crippen LogP contribution is -2.37. The minimum atomic E-state index is -1.09. The highest BCUT2D eigenvalue weighted by molar-refractivity contribution is 5.77. The van der Waals surface area contributed by atoms with E-state index in [0.717, 1.165) is 0 Å². The van der Waals surface area contributed by atoms with Gasteiger partial charge in [0.2, 0.25) is 5.91 Å². The molecule has 6 heteroatoms. The van der Waals surface area contributed by atoms with Crippen LogP contribution in [0.25, 0.3) is 0 Å². The van der Waals surface area contributed by atoms with Crippen LogP contribution in [0.15, 0.2) is 0 Å². The van der Waals surface area contributed by atoms with Crippen molar-refractivity contribution in [2.24, 2.45) is 0 Å². The highest BCUT2D eigenvalue weighted by atomic mass is 16.4. The minimum absolute atomic E-state index is 0.148. The zero-order valence-corrected chi connectivity index (χ0v) is 6.89. The molecule has 12 heavy (non-hydrogen) atoms. The molecule has 6 nitrogen and oxygen atoms in total. The van der Waals surface area contributed by atoms with Crippen molar-refractivity contribution < 1.29 is 14.7 Å². The van der Waals surface area contributed by atoms with E-state index in [1.807, 2.05) is 0 Å². The van der Waals surface area contributed by atoms with Crippen molar-refractivity contribution in [2.75, 3.05) is 26.7 Å². The summed E-state index contributed by atoms with van der Waals surface area (Å²) in [6.45, 7) is 0.782. The molecule has 0 atom stereocenters. The summed E-state index contributed by atoms with van der Waals surface area (Å²) in [4.78, 5) is 20.7. The predicted octanol–water partition coefficient (Wildman–Crippen LogP) is -1.41. The number of carbonyl (C=O) groups excluding carboxylic acids is 1. The molecule has 0 aliphatic heterocycles. The van der Waals surface area contributed by atoms with E-state index in [4.69, 9.17) is 5.11 Å². The summed E-state index contributed by atoms with van der Waals surface area (Å²) in [6, 6.07) is 0. The lowest BCUT2D eigenvalue weighted by atomic mass is 10.5. The zero-order chi connectivity index (χ0) is 9.40. The lowest BCUT2D eigenvalue weighted by molar-refractivity contribution is -0.120. The molecule has 0 spiro atoms. The average molecular weight is 175 g/mol. The van der Waals surface area contributed by atoms with Crippen LogP contribution in [-0.4, -0.2) is 43.8 Å². The first-order chi connectivity index (χ1) is 5.66. The Labute approximate surface area is 70.3 Å². The standard InChI is InChI=1S/C6H13N3O3/c1-7-4-5(10)8-2-3-9-6(11)12/h7,9H,2-4H2,1H3,(H,8,10)(H,11,12). The summed E-state index contributed by atoms with van der Waals surface area (Å²) in [5.41, 5.74) is 0. The van der Waals surface area contributed by atoms with Crippen molar-refractivity contribution in [3.8, 4) is 0 Å². The predicted molar refractivity (Wildman–Crippen MR) is 43.0 cm³/mol. The Balaban J connectivity index is 3.19. The molecule has 0 rings (SSSR count). The Kier molecular flexibility index (Phi) is 5.72. The van der Waals surface area contributed by atoms with E-state index in [1.165, 1.54) is 0 Å². The molecule has 4 N–H and O–H groups in total. The molecule has 0 saturated carbocycles. The SMILES string of the molecule is CNCC(=O)NCCNC(=O)O. The molecule has 0 radical (unpaired) electrons. The fourth-order valence-electron chi connectivity index (χ4n) is 0.594. The summed E-state index contributed by atoms with van der Waals surface area (Å²) in [5, 5.41) is 15.5. The van der Waals surface area contributed by atoms with Gasteiger partial charge in [-0.15, -0.1) is 0 Å². The number of carboxylic acid groups (broad SMARTS) is 1. The average Bonchev–Trinajstić information content (AvgIpc) is 1.98. The van der Waals surface area contributed by atoms with Crippen LogP contribution in [0.3, 0.4) is 0 Å². The van der Waals surface area contributed by atoms with Gasteiger partial charge in [0.25, 0.3) is 0 Å². The van der Waals surface area contributed by atoms with Gasteiger partial charge in [0.05, 0.1) is 6.54 Å². The molecule has 0 aromatic rings. The van der Waals surface area contributed by atoms with Crippen molar-refractivity contribution in [3.05, 3.63) is 0 Å². The van der Waals surface area contributed by atoms with Gasteiger partial charge in [0, 0.05) is 13.1 Å². The number of nitrogens with one attached hydrogen (secondary N) is 3. The van der Waals surface area contributed by atoms with Crippen LogP contribution >= 0.6 is 0 Å². The lowest BCUT2D eigenvalue weighted by Gasteiger charge is -2.03. The quantitative estimate of drug-likeness (QED) is 0.386. The Morgan fingerprint density at radius 3 is 2.33 bits per heavy atom. The molecule has 0 unspecified atom stereocenters. The van der Waals surface area contributed by atoms with E-state index in [1.54, 1.807) is 7.05 Å². The summed E-state index contributed by atoms with van der Waals surface area (Å²) in [7, 11) is 1.66. The normalized spacial score (nSPS) is 9.08. The Morgan fingerprint density at radius 1 is 1.25 bits per heavy atom. The maximum absolute atomic E-state index is 10.7. The van der Waals surface area contributed by atoms with E-state index in [9.17, 15) is 9.59 Å². The summed E-state index contributed by atoms with van der Waals surface area (Å²) in [5.74, 6) is -0.148. The second kappa shape index (κ2) is 6.41. The fraction of sp³-hybridized carbons (Fsp3) is 0.667. The van der Waals surface area contributed by atoms with Crippen LogP contribution in [0.2, 0.25) is 0 Å². The second-order valence-corrected chi connectivity index (χ2v) is 2.11. The number of rotatable bonds is 5. The number of hydrogen-bond acceptors (Lipinski definition) is 3. The third kappa shape index (κ3) is 6.81. The maximum atomic E-state index is 10.7. The van der Waals surface area contributed by atoms with Crippen molar-refractivity contribution in [3.63, 3.8) is 0 Å². The summed E-state index contributed by atoms with van der Waals surface area (Å²) >= 11 is 0. The van der Waals surface area contributed by atoms with E-state index in [0.29, 0.717) is 6.54 Å². The largest absolute Gasteiger partial charge is 0.465 e. The molecule has 0 aliphatic rings. The van der Waals surface area contributed by atoms with Crippen molar-refractivity contribution in [1.29, 1.82) is 0 Å². The molecule has 0 aromatic heterocycles. The first kappa shape index (κ1) is 10.7. The van der Waals surface area contributed by atoms with E-state index in [2.05, 4.69) is 16.0 Å². The molecule has 0 heterocycles. The van der Waals surface area contributed by atoms with Gasteiger partial charge in [-0.05, 0) is 7.05 Å². The number of carbonyl (C=O) groups is 2. The first-order valence-corrected chi connectivity index (χ1v) is 3.55. The van der Waals surface area contributed by atoms with Gasteiger partial charge in [-0.1, -0.05) is 0 Å². The van der Waals surface area contributed by atoms with E-state index >= 15 is 0 Å². The molecule has 0 aromatic carbocycles. The van der Waals surface area contributed by atoms with Crippen molar-refractivity contribution in [1.82, 2.24) is 16.0 Å². The van der Waals surface area contributed by atoms with Gasteiger partial charge < -0.3 is 21.1 Å². The maximum Gasteiger partial charge on any atom is 0.404 e. The van der Waals surface area contributed by atoms with Gasteiger partial charge in [0.1, 0.15) is 0 Å². The summed E-state index contributed by atoms with van der Waals surface area (Å²) in [6.07, 6.45) is -1.09. The van der Waals surface area contributed by atoms with Crippen LogP contribution in [0.1, 0.15) is 0 Å². The minimum Gasteiger partial charge on any atom is -0.465 e. The van der Waals surface area contributed by atoms with Gasteiger partial charge in [-0.2, -0.15) is 0 Å². The molecule has 0 fully saturated rings. The Hall–Kier alpha value is -1.30. The molecule has 2 amide bonds. The third-order valence-electron chi connectivity index (χ3n) is 1.06. The smallest absolute Gasteiger partial charge is 0.404 e. The van der Waals surface area contributed by atoms with E-state index < -0.39 is 6.09 Å². The van der Waals surface area contributed by atoms with Crippen LogP contribution < -0.4 is 16.0 Å². The van der Waals surface area contributed by atoms with Crippen LogP contribution in [0.4, 0.5) is 4.79 Å². The van der Waals surface area contributed by atoms with Gasteiger partial charge in [-0.3, -0.25) is 4.79 Å². The molecule has 0 saturated heterocycles. The Bertz CT molecular complexity index is 160. The topological polar surface area (TPSA) is 90.5 Å². The highest BCUT2D eigenvalue weighted by Crippen LogP contribution is 1.63. The number of likely N-dealkylation sites (N-methyl/N-ethyl adjacent to an activating group) is 1. The molecule has 70 valence electrons.